The first-order valence-corrected chi connectivity index (χ1v) is 26.9. The summed E-state index contributed by atoms with van der Waals surface area (Å²) in [6, 6.07) is 16.9. The van der Waals surface area contributed by atoms with Crippen LogP contribution >= 0.6 is 0 Å². The Morgan fingerprint density at radius 3 is 2.11 bits per heavy atom. The second-order valence-corrected chi connectivity index (χ2v) is 20.4. The molecule has 9 rings (SSSR count). The van der Waals surface area contributed by atoms with E-state index in [9.17, 15) is 57.8 Å². The van der Waals surface area contributed by atoms with Gasteiger partial charge in [-0.25, -0.2) is 14.2 Å². The predicted molar refractivity (Wildman–Crippen MR) is 293 cm³/mol. The number of carbonyl (C=O) groups is 10. The lowest BCUT2D eigenvalue weighted by Crippen LogP contribution is -2.56. The van der Waals surface area contributed by atoms with Crippen LogP contribution in [0.2, 0.25) is 0 Å². The number of carboxylic acid groups (broad SMARTS) is 1. The Morgan fingerprint density at radius 2 is 1.44 bits per heavy atom. The van der Waals surface area contributed by atoms with E-state index in [0.29, 0.717) is 62.3 Å². The van der Waals surface area contributed by atoms with E-state index < -0.39 is 140 Å². The molecule has 4 aliphatic rings. The fraction of sp³-hybridized carbons (Fsp3) is 0.345. The number of hydrogen-bond acceptors (Lipinski definition) is 16. The second kappa shape index (κ2) is 25.3. The molecule has 5 heterocycles. The molecule has 2 aromatic heterocycles. The minimum Gasteiger partial charge on any atom is -0.480 e. The number of pyridine rings is 2. The first kappa shape index (κ1) is 59.1. The van der Waals surface area contributed by atoms with Gasteiger partial charge in [0.05, 0.1) is 61.2 Å². The molecule has 0 saturated carbocycles. The Balaban J connectivity index is 0.838. The molecule has 0 spiro atoms. The van der Waals surface area contributed by atoms with E-state index in [-0.39, 0.29) is 49.1 Å². The Bertz CT molecular complexity index is 3600. The quantitative estimate of drug-likeness (QED) is 0.0207. The third-order valence-corrected chi connectivity index (χ3v) is 15.1. The molecule has 8 amide bonds. The third-order valence-electron chi connectivity index (χ3n) is 15.1. The number of ether oxygens (including phenoxy) is 2. The topological polar surface area (TPSA) is 352 Å². The van der Waals surface area contributed by atoms with Crippen molar-refractivity contribution in [1.82, 2.24) is 51.7 Å². The van der Waals surface area contributed by atoms with Gasteiger partial charge in [-0.15, -0.1) is 0 Å². The SMILES string of the molecule is CC[C@@]1(O)C(=O)OCc2c1cc1n(c2=O)Cc2c-1nc1cc(F)c(C)c3c1c2C(NC(=O)[C@H](Cc1ccccc1)OCNC(=O)CNC(=O)[C@H](Cc1ccccc1)NC(=O)CNC(=O)CNC(=O)[C@H](CNCC(=O)O)N1C(=O)C=CC1=O)CC3. The number of carboxylic acids is 1. The fourth-order valence-electron chi connectivity index (χ4n) is 10.8. The Labute approximate surface area is 477 Å². The molecule has 5 atom stereocenters. The van der Waals surface area contributed by atoms with Crippen LogP contribution in [0.25, 0.3) is 22.3 Å². The fourth-order valence-corrected chi connectivity index (χ4v) is 10.8. The Hall–Kier alpha value is -9.53. The molecule has 26 heteroatoms. The molecule has 9 N–H and O–H groups in total. The van der Waals surface area contributed by atoms with Gasteiger partial charge in [-0.2, -0.15) is 0 Å². The maximum atomic E-state index is 15.6. The van der Waals surface area contributed by atoms with Gasteiger partial charge in [0.2, 0.25) is 35.4 Å². The standard InChI is InChI=1S/C58H59FN10O15/c1-3-58(82)36-20-41-52-34(27-68(41)56(80)35(36)28-83-57(58)81)51-38(15-14-33-30(2)37(59)21-39(66-52)50(33)51)67-55(79)43(19-32-12-8-5-9-13-32)84-29-64-45(71)24-62-53(77)40(18-31-10-6-4-7-11-31)65-46(72)25-61-44(70)23-63-54(78)42(22-60-26-49(75)76)69-47(73)16-17-48(69)74/h4-13,16-17,20-21,38,40,42-43,60,82H,3,14-15,18-19,22-29H2,1-2H3,(H,61,70)(H,62,77)(H,63,78)(H,64,71)(H,65,72)(H,67,79)(H,75,76)/t38?,40-,42-,43-,58-/m0/s1. The summed E-state index contributed by atoms with van der Waals surface area (Å²) in [5.41, 5.74) is 2.22. The summed E-state index contributed by atoms with van der Waals surface area (Å²) in [4.78, 5) is 149. The van der Waals surface area contributed by atoms with Crippen LogP contribution in [0.5, 0.6) is 0 Å². The zero-order chi connectivity index (χ0) is 60.0. The van der Waals surface area contributed by atoms with E-state index in [2.05, 4.69) is 37.2 Å². The van der Waals surface area contributed by atoms with Crippen LogP contribution in [-0.2, 0) is 95.4 Å². The van der Waals surface area contributed by atoms with Crippen LogP contribution in [0, 0.1) is 12.7 Å². The minimum absolute atomic E-state index is 0.0125. The van der Waals surface area contributed by atoms with Gasteiger partial charge in [-0.1, -0.05) is 67.6 Å². The summed E-state index contributed by atoms with van der Waals surface area (Å²) in [7, 11) is 0. The van der Waals surface area contributed by atoms with Gasteiger partial charge < -0.3 is 61.5 Å². The Kier molecular flexibility index (Phi) is 17.8. The smallest absolute Gasteiger partial charge is 0.343 e. The van der Waals surface area contributed by atoms with Gasteiger partial charge in [0.1, 0.15) is 37.3 Å². The lowest BCUT2D eigenvalue weighted by atomic mass is 9.81. The summed E-state index contributed by atoms with van der Waals surface area (Å²) in [5, 5.41) is 38.8. The number of aliphatic carboxylic acids is 1. The number of nitrogens with zero attached hydrogens (tertiary/aromatic N) is 3. The number of fused-ring (bicyclic) bond motifs is 5. The van der Waals surface area contributed by atoms with Crippen molar-refractivity contribution in [2.45, 2.75) is 88.9 Å². The highest BCUT2D eigenvalue weighted by molar-refractivity contribution is 6.15. The molecule has 0 radical (unpaired) electrons. The maximum Gasteiger partial charge on any atom is 0.343 e. The van der Waals surface area contributed by atoms with Crippen LogP contribution in [0.1, 0.15) is 70.3 Å². The average Bonchev–Trinajstić information content (AvgIpc) is 2.61. The van der Waals surface area contributed by atoms with Crippen LogP contribution in [0.15, 0.2) is 89.7 Å². The molecular formula is C58H59FN10O15. The van der Waals surface area contributed by atoms with Gasteiger partial charge in [0, 0.05) is 54.1 Å². The highest BCUT2D eigenvalue weighted by Gasteiger charge is 2.46. The number of aromatic nitrogens is 2. The van der Waals surface area contributed by atoms with Gasteiger partial charge in [-0.3, -0.25) is 52.8 Å². The summed E-state index contributed by atoms with van der Waals surface area (Å²) in [6.45, 7) is -0.611. The van der Waals surface area contributed by atoms with Crippen molar-refractivity contribution < 1.29 is 72.0 Å². The van der Waals surface area contributed by atoms with Gasteiger partial charge in [-0.05, 0) is 60.1 Å². The van der Waals surface area contributed by atoms with Crippen molar-refractivity contribution in [2.24, 2.45) is 0 Å². The lowest BCUT2D eigenvalue weighted by Gasteiger charge is -2.31. The molecule has 84 heavy (non-hydrogen) atoms. The van der Waals surface area contributed by atoms with E-state index >= 15 is 4.39 Å². The second-order valence-electron chi connectivity index (χ2n) is 20.4. The summed E-state index contributed by atoms with van der Waals surface area (Å²) in [5.74, 6) is -9.06. The summed E-state index contributed by atoms with van der Waals surface area (Å²) in [6.07, 6.45) is 1.25. The summed E-state index contributed by atoms with van der Waals surface area (Å²) >= 11 is 0. The largest absolute Gasteiger partial charge is 0.480 e. The van der Waals surface area contributed by atoms with Crippen LogP contribution in [0.4, 0.5) is 4.39 Å². The number of rotatable bonds is 24. The van der Waals surface area contributed by atoms with Crippen LogP contribution < -0.4 is 42.8 Å². The number of aryl methyl sites for hydroxylation is 1. The predicted octanol–water partition coefficient (Wildman–Crippen LogP) is -0.624. The molecular weight excluding hydrogens is 1100 g/mol. The van der Waals surface area contributed by atoms with E-state index in [4.69, 9.17) is 19.6 Å². The zero-order valence-electron chi connectivity index (χ0n) is 45.5. The normalized spacial score (nSPS) is 17.5. The Morgan fingerprint density at radius 1 is 0.798 bits per heavy atom. The van der Waals surface area contributed by atoms with E-state index in [1.807, 2.05) is 0 Å². The first-order valence-electron chi connectivity index (χ1n) is 26.9. The van der Waals surface area contributed by atoms with Gasteiger partial charge in [0.15, 0.2) is 5.60 Å². The highest BCUT2D eigenvalue weighted by Crippen LogP contribution is 2.46. The van der Waals surface area contributed by atoms with Gasteiger partial charge >= 0.3 is 11.9 Å². The zero-order valence-corrected chi connectivity index (χ0v) is 45.5. The van der Waals surface area contributed by atoms with Crippen LogP contribution in [-0.4, -0.2) is 142 Å². The number of cyclic esters (lactones) is 1. The number of esters is 1. The lowest BCUT2D eigenvalue weighted by molar-refractivity contribution is -0.172. The molecule has 1 aliphatic carbocycles. The number of imide groups is 1. The summed E-state index contributed by atoms with van der Waals surface area (Å²) < 4.78 is 28.4. The van der Waals surface area contributed by atoms with Crippen molar-refractivity contribution in [3.8, 4) is 11.4 Å². The monoisotopic (exact) mass is 1150 g/mol. The van der Waals surface area contributed by atoms with Crippen molar-refractivity contribution in [3.05, 3.63) is 146 Å². The van der Waals surface area contributed by atoms with E-state index in [1.54, 1.807) is 80.6 Å². The molecule has 5 aromatic rings. The molecule has 0 bridgehead atoms. The molecule has 3 aliphatic heterocycles. The number of hydrogen-bond donors (Lipinski definition) is 9. The molecule has 1 unspecified atom stereocenters. The molecule has 25 nitrogen and oxygen atoms in total. The number of amides is 8. The number of benzene rings is 3. The number of aliphatic hydroxyl groups is 1. The number of carbonyl (C=O) groups excluding carboxylic acids is 9. The van der Waals surface area contributed by atoms with Crippen molar-refractivity contribution in [3.63, 3.8) is 0 Å². The van der Waals surface area contributed by atoms with Crippen molar-refractivity contribution >= 4 is 70.1 Å². The molecule has 438 valence electrons. The van der Waals surface area contributed by atoms with Gasteiger partial charge in [0.25, 0.3) is 17.4 Å². The van der Waals surface area contributed by atoms with Crippen molar-refractivity contribution in [2.75, 3.05) is 39.5 Å². The van der Waals surface area contributed by atoms with Crippen LogP contribution in [0.3, 0.4) is 0 Å². The molecule has 0 fully saturated rings. The molecule has 0 saturated heterocycles. The highest BCUT2D eigenvalue weighted by atomic mass is 19.1. The number of nitrogens with one attached hydrogen (secondary N) is 7. The average molecular weight is 1160 g/mol. The van der Waals surface area contributed by atoms with E-state index in [0.717, 1.165) is 17.7 Å². The van der Waals surface area contributed by atoms with E-state index in [1.165, 1.54) is 10.6 Å². The number of halogens is 1. The minimum atomic E-state index is -2.09. The maximum absolute atomic E-state index is 15.6. The third kappa shape index (κ3) is 12.6. The van der Waals surface area contributed by atoms with Crippen molar-refractivity contribution in [1.29, 1.82) is 0 Å². The first-order chi connectivity index (χ1) is 40.3. The molecule has 3 aromatic carbocycles.